The largest absolute Gasteiger partial charge is 0.396 e. The quantitative estimate of drug-likeness (QED) is 0.679. The van der Waals surface area contributed by atoms with Gasteiger partial charge in [0.05, 0.1) is 0 Å². The van der Waals surface area contributed by atoms with Crippen molar-refractivity contribution in [2.75, 3.05) is 13.2 Å². The molecule has 0 amide bonds. The Bertz CT molecular complexity index is 295. The van der Waals surface area contributed by atoms with Crippen molar-refractivity contribution < 1.29 is 5.11 Å². The first-order chi connectivity index (χ1) is 8.14. The maximum Gasteiger partial charge on any atom is 0.0431 e. The zero-order chi connectivity index (χ0) is 12.6. The highest BCUT2D eigenvalue weighted by Crippen LogP contribution is 2.13. The molecule has 0 aliphatic rings. The van der Waals surface area contributed by atoms with Gasteiger partial charge in [-0.25, -0.2) is 0 Å². The van der Waals surface area contributed by atoms with Crippen LogP contribution in [0.25, 0.3) is 0 Å². The summed E-state index contributed by atoms with van der Waals surface area (Å²) < 4.78 is 0. The monoisotopic (exact) mass is 235 g/mol. The molecule has 0 heterocycles. The fourth-order valence-corrected chi connectivity index (χ4v) is 1.85. The Hall–Kier alpha value is -0.860. The van der Waals surface area contributed by atoms with Crippen LogP contribution in [0.15, 0.2) is 30.3 Å². The van der Waals surface area contributed by atoms with Gasteiger partial charge in [0.15, 0.2) is 0 Å². The number of aliphatic hydroxyl groups excluding tert-OH is 1. The summed E-state index contributed by atoms with van der Waals surface area (Å²) in [4.78, 5) is 0. The summed E-state index contributed by atoms with van der Waals surface area (Å²) in [5.41, 5.74) is 1.57. The van der Waals surface area contributed by atoms with E-state index in [1.807, 2.05) is 0 Å². The Morgan fingerprint density at radius 1 is 1.12 bits per heavy atom. The highest BCUT2D eigenvalue weighted by Gasteiger charge is 2.15. The third-order valence-electron chi connectivity index (χ3n) is 3.07. The number of nitrogens with one attached hydrogen (secondary N) is 1. The van der Waals surface area contributed by atoms with E-state index in [2.05, 4.69) is 49.5 Å². The van der Waals surface area contributed by atoms with Crippen LogP contribution in [0.4, 0.5) is 0 Å². The van der Waals surface area contributed by atoms with E-state index >= 15 is 0 Å². The van der Waals surface area contributed by atoms with Gasteiger partial charge in [0.2, 0.25) is 0 Å². The average Bonchev–Trinajstić information content (AvgIpc) is 2.34. The first-order valence-corrected chi connectivity index (χ1v) is 6.54. The number of hydrogen-bond donors (Lipinski definition) is 2. The molecule has 0 saturated carbocycles. The van der Waals surface area contributed by atoms with Gasteiger partial charge in [-0.2, -0.15) is 0 Å². The van der Waals surface area contributed by atoms with Crippen molar-refractivity contribution in [1.29, 1.82) is 0 Å². The number of rotatable bonds is 8. The molecule has 2 heteroatoms. The first kappa shape index (κ1) is 14.2. The van der Waals surface area contributed by atoms with Crippen LogP contribution in [0.3, 0.4) is 0 Å². The predicted octanol–water partition coefficient (Wildman–Crippen LogP) is 2.76. The minimum absolute atomic E-state index is 0.172. The van der Waals surface area contributed by atoms with E-state index in [0.29, 0.717) is 6.61 Å². The lowest BCUT2D eigenvalue weighted by atomic mass is 9.95. The zero-order valence-corrected chi connectivity index (χ0v) is 11.1. The average molecular weight is 235 g/mol. The molecule has 1 aromatic carbocycles. The molecule has 2 N–H and O–H groups in total. The molecule has 0 fully saturated rings. The van der Waals surface area contributed by atoms with Crippen LogP contribution < -0.4 is 5.32 Å². The third-order valence-corrected chi connectivity index (χ3v) is 3.07. The van der Waals surface area contributed by atoms with Crippen LogP contribution in [-0.2, 0) is 6.42 Å². The molecule has 0 aromatic heterocycles. The van der Waals surface area contributed by atoms with Crippen LogP contribution in [0.5, 0.6) is 0 Å². The summed E-state index contributed by atoms with van der Waals surface area (Å²) in [7, 11) is 0. The van der Waals surface area contributed by atoms with E-state index in [1.165, 1.54) is 5.56 Å². The van der Waals surface area contributed by atoms with Gasteiger partial charge in [0.1, 0.15) is 0 Å². The standard InChI is InChI=1S/C15H25NO/c1-15(2,16-12-6-7-13-17)11-10-14-8-4-3-5-9-14/h3-5,8-9,16-17H,6-7,10-13H2,1-2H3. The summed E-state index contributed by atoms with van der Waals surface area (Å²) in [6, 6.07) is 10.6. The lowest BCUT2D eigenvalue weighted by Crippen LogP contribution is -2.40. The first-order valence-electron chi connectivity index (χ1n) is 6.54. The summed E-state index contributed by atoms with van der Waals surface area (Å²) in [6.45, 7) is 5.78. The van der Waals surface area contributed by atoms with Gasteiger partial charge in [-0.1, -0.05) is 30.3 Å². The van der Waals surface area contributed by atoms with Gasteiger partial charge < -0.3 is 10.4 Å². The predicted molar refractivity (Wildman–Crippen MR) is 73.2 cm³/mol. The van der Waals surface area contributed by atoms with Crippen LogP contribution in [0, 0.1) is 0 Å². The summed E-state index contributed by atoms with van der Waals surface area (Å²) >= 11 is 0. The normalized spacial score (nSPS) is 11.7. The van der Waals surface area contributed by atoms with Gasteiger partial charge in [-0.15, -0.1) is 0 Å². The Balaban J connectivity index is 2.24. The number of unbranched alkanes of at least 4 members (excludes halogenated alkanes) is 1. The fraction of sp³-hybridized carbons (Fsp3) is 0.600. The van der Waals surface area contributed by atoms with Crippen molar-refractivity contribution in [3.8, 4) is 0 Å². The molecule has 96 valence electrons. The van der Waals surface area contributed by atoms with Gasteiger partial charge in [-0.3, -0.25) is 0 Å². The van der Waals surface area contributed by atoms with Gasteiger partial charge in [0, 0.05) is 12.1 Å². The van der Waals surface area contributed by atoms with Crippen LogP contribution in [0.1, 0.15) is 38.7 Å². The minimum atomic E-state index is 0.172. The molecule has 17 heavy (non-hydrogen) atoms. The molecule has 0 radical (unpaired) electrons. The Morgan fingerprint density at radius 3 is 2.47 bits per heavy atom. The molecule has 0 bridgehead atoms. The van der Waals surface area contributed by atoms with E-state index < -0.39 is 0 Å². The molecule has 0 aliphatic carbocycles. The fourth-order valence-electron chi connectivity index (χ4n) is 1.85. The number of benzene rings is 1. The maximum atomic E-state index is 8.72. The zero-order valence-electron chi connectivity index (χ0n) is 11.1. The lowest BCUT2D eigenvalue weighted by molar-refractivity contribution is 0.277. The second-order valence-corrected chi connectivity index (χ2v) is 5.23. The molecule has 0 spiro atoms. The molecule has 2 nitrogen and oxygen atoms in total. The second-order valence-electron chi connectivity index (χ2n) is 5.23. The van der Waals surface area contributed by atoms with E-state index in [0.717, 1.165) is 32.2 Å². The maximum absolute atomic E-state index is 8.72. The SMILES string of the molecule is CC(C)(CCc1ccccc1)NCCCCO. The number of aryl methyl sites for hydroxylation is 1. The molecule has 1 rings (SSSR count). The van der Waals surface area contributed by atoms with Crippen molar-refractivity contribution in [3.05, 3.63) is 35.9 Å². The summed E-state index contributed by atoms with van der Waals surface area (Å²) in [5, 5.41) is 12.3. The molecular weight excluding hydrogens is 210 g/mol. The Morgan fingerprint density at radius 2 is 1.82 bits per heavy atom. The number of aliphatic hydroxyl groups is 1. The second kappa shape index (κ2) is 7.46. The van der Waals surface area contributed by atoms with Crippen LogP contribution >= 0.6 is 0 Å². The molecule has 0 atom stereocenters. The Labute approximate surface area is 105 Å². The Kier molecular flexibility index (Phi) is 6.23. The minimum Gasteiger partial charge on any atom is -0.396 e. The molecule has 1 aromatic rings. The smallest absolute Gasteiger partial charge is 0.0431 e. The van der Waals surface area contributed by atoms with Crippen LogP contribution in [-0.4, -0.2) is 23.8 Å². The summed E-state index contributed by atoms with van der Waals surface area (Å²) in [5.74, 6) is 0. The van der Waals surface area contributed by atoms with E-state index in [9.17, 15) is 0 Å². The van der Waals surface area contributed by atoms with Crippen LogP contribution in [0.2, 0.25) is 0 Å². The van der Waals surface area contributed by atoms with Crippen molar-refractivity contribution in [1.82, 2.24) is 5.32 Å². The van der Waals surface area contributed by atoms with Gasteiger partial charge in [0.25, 0.3) is 0 Å². The van der Waals surface area contributed by atoms with Crippen molar-refractivity contribution in [3.63, 3.8) is 0 Å². The third kappa shape index (κ3) is 6.44. The molecular formula is C15H25NO. The van der Waals surface area contributed by atoms with Crippen molar-refractivity contribution in [2.24, 2.45) is 0 Å². The highest BCUT2D eigenvalue weighted by atomic mass is 16.2. The number of hydrogen-bond acceptors (Lipinski definition) is 2. The lowest BCUT2D eigenvalue weighted by Gasteiger charge is -2.26. The molecule has 0 unspecified atom stereocenters. The van der Waals surface area contributed by atoms with E-state index in [1.54, 1.807) is 0 Å². The summed E-state index contributed by atoms with van der Waals surface area (Å²) in [6.07, 6.45) is 4.18. The van der Waals surface area contributed by atoms with E-state index in [-0.39, 0.29) is 5.54 Å². The van der Waals surface area contributed by atoms with Crippen molar-refractivity contribution >= 4 is 0 Å². The molecule has 0 aliphatic heterocycles. The van der Waals surface area contributed by atoms with E-state index in [4.69, 9.17) is 5.11 Å². The van der Waals surface area contributed by atoms with Gasteiger partial charge >= 0.3 is 0 Å². The van der Waals surface area contributed by atoms with Crippen molar-refractivity contribution in [2.45, 2.75) is 45.1 Å². The molecule has 0 saturated heterocycles. The van der Waals surface area contributed by atoms with Gasteiger partial charge in [-0.05, 0) is 51.6 Å². The highest BCUT2D eigenvalue weighted by molar-refractivity contribution is 5.15. The topological polar surface area (TPSA) is 32.3 Å².